The molecule has 0 aromatic carbocycles. The van der Waals surface area contributed by atoms with Gasteiger partial charge in [-0.1, -0.05) is 11.3 Å². The van der Waals surface area contributed by atoms with Crippen LogP contribution in [0.1, 0.15) is 16.9 Å². The van der Waals surface area contributed by atoms with Crippen LogP contribution in [-0.4, -0.2) is 29.9 Å². The maximum atomic E-state index is 5.70. The van der Waals surface area contributed by atoms with Gasteiger partial charge in [-0.05, 0) is 19.1 Å². The van der Waals surface area contributed by atoms with E-state index >= 15 is 0 Å². The minimum Gasteiger partial charge on any atom is -0.467 e. The Labute approximate surface area is 103 Å². The van der Waals surface area contributed by atoms with Crippen molar-refractivity contribution in [3.05, 3.63) is 29.2 Å². The molecule has 1 aliphatic rings. The Bertz CT molecular complexity index is 483. The van der Waals surface area contributed by atoms with Crippen LogP contribution in [-0.2, 0) is 4.74 Å². The van der Waals surface area contributed by atoms with Crippen LogP contribution in [0.3, 0.4) is 0 Å². The lowest BCUT2D eigenvalue weighted by molar-refractivity contribution is 0.0257. The monoisotopic (exact) mass is 251 g/mol. The van der Waals surface area contributed by atoms with Crippen LogP contribution in [0.2, 0.25) is 0 Å². The lowest BCUT2D eigenvalue weighted by Crippen LogP contribution is -2.38. The molecule has 3 heterocycles. The van der Waals surface area contributed by atoms with Gasteiger partial charge < -0.3 is 14.1 Å². The SMILES string of the molecule is Cc1nnc(N2CCOC(c3ccco3)C2)s1. The number of aryl methyl sites for hydroxylation is 1. The molecule has 0 spiro atoms. The molecule has 0 amide bonds. The highest BCUT2D eigenvalue weighted by atomic mass is 32.1. The summed E-state index contributed by atoms with van der Waals surface area (Å²) in [6, 6.07) is 3.83. The Morgan fingerprint density at radius 3 is 3.12 bits per heavy atom. The number of hydrogen-bond donors (Lipinski definition) is 0. The fraction of sp³-hybridized carbons (Fsp3) is 0.455. The van der Waals surface area contributed by atoms with Crippen molar-refractivity contribution < 1.29 is 9.15 Å². The third-order valence-corrected chi connectivity index (χ3v) is 3.61. The molecule has 0 aliphatic carbocycles. The molecule has 0 saturated carbocycles. The van der Waals surface area contributed by atoms with Gasteiger partial charge in [-0.2, -0.15) is 0 Å². The molecule has 1 atom stereocenters. The van der Waals surface area contributed by atoms with Crippen molar-refractivity contribution in [3.8, 4) is 0 Å². The van der Waals surface area contributed by atoms with E-state index < -0.39 is 0 Å². The van der Waals surface area contributed by atoms with E-state index in [1.807, 2.05) is 19.1 Å². The average molecular weight is 251 g/mol. The Hall–Kier alpha value is -1.40. The van der Waals surface area contributed by atoms with Gasteiger partial charge in [0.25, 0.3) is 0 Å². The first-order chi connectivity index (χ1) is 8.33. The molecule has 1 saturated heterocycles. The number of aromatic nitrogens is 2. The normalized spacial score (nSPS) is 20.8. The van der Waals surface area contributed by atoms with E-state index in [-0.39, 0.29) is 6.10 Å². The van der Waals surface area contributed by atoms with E-state index in [1.54, 1.807) is 17.6 Å². The second kappa shape index (κ2) is 4.46. The van der Waals surface area contributed by atoms with Gasteiger partial charge >= 0.3 is 0 Å². The number of furan rings is 1. The summed E-state index contributed by atoms with van der Waals surface area (Å²) in [5.74, 6) is 0.871. The standard InChI is InChI=1S/C11H13N3O2S/c1-8-12-13-11(17-8)14-4-6-16-10(7-14)9-3-2-5-15-9/h2-3,5,10H,4,6-7H2,1H3. The van der Waals surface area contributed by atoms with Gasteiger partial charge in [0, 0.05) is 6.54 Å². The minimum absolute atomic E-state index is 0.0112. The predicted octanol–water partition coefficient (Wildman–Crippen LogP) is 2.02. The molecule has 0 N–H and O–H groups in total. The van der Waals surface area contributed by atoms with Crippen LogP contribution in [0.25, 0.3) is 0 Å². The fourth-order valence-electron chi connectivity index (χ4n) is 1.88. The minimum atomic E-state index is -0.0112. The molecular formula is C11H13N3O2S. The summed E-state index contributed by atoms with van der Waals surface area (Å²) in [7, 11) is 0. The molecule has 17 heavy (non-hydrogen) atoms. The van der Waals surface area contributed by atoms with Crippen molar-refractivity contribution >= 4 is 16.5 Å². The molecule has 1 aliphatic heterocycles. The van der Waals surface area contributed by atoms with Gasteiger partial charge in [0.05, 0.1) is 19.4 Å². The van der Waals surface area contributed by atoms with Crippen molar-refractivity contribution in [3.63, 3.8) is 0 Å². The van der Waals surface area contributed by atoms with Gasteiger partial charge in [0.15, 0.2) is 0 Å². The number of anilines is 1. The molecule has 2 aromatic rings. The van der Waals surface area contributed by atoms with Gasteiger partial charge in [0.1, 0.15) is 16.9 Å². The van der Waals surface area contributed by atoms with Gasteiger partial charge in [-0.3, -0.25) is 0 Å². The quantitative estimate of drug-likeness (QED) is 0.817. The van der Waals surface area contributed by atoms with Gasteiger partial charge in [-0.25, -0.2) is 0 Å². The molecule has 1 fully saturated rings. The summed E-state index contributed by atoms with van der Waals surface area (Å²) in [6.07, 6.45) is 1.66. The predicted molar refractivity (Wildman–Crippen MR) is 64.3 cm³/mol. The summed E-state index contributed by atoms with van der Waals surface area (Å²) in [4.78, 5) is 2.20. The number of morpholine rings is 1. The van der Waals surface area contributed by atoms with Gasteiger partial charge in [0.2, 0.25) is 5.13 Å². The van der Waals surface area contributed by atoms with Crippen molar-refractivity contribution in [1.82, 2.24) is 10.2 Å². The highest BCUT2D eigenvalue weighted by molar-refractivity contribution is 7.15. The zero-order chi connectivity index (χ0) is 11.7. The van der Waals surface area contributed by atoms with Crippen LogP contribution in [0.5, 0.6) is 0 Å². The lowest BCUT2D eigenvalue weighted by atomic mass is 10.2. The van der Waals surface area contributed by atoms with E-state index in [0.717, 1.165) is 29.0 Å². The van der Waals surface area contributed by atoms with Gasteiger partial charge in [-0.15, -0.1) is 10.2 Å². The summed E-state index contributed by atoms with van der Waals surface area (Å²) in [5.41, 5.74) is 0. The van der Waals surface area contributed by atoms with E-state index in [0.29, 0.717) is 6.61 Å². The average Bonchev–Trinajstić information content (AvgIpc) is 3.00. The smallest absolute Gasteiger partial charge is 0.208 e. The second-order valence-electron chi connectivity index (χ2n) is 3.92. The Balaban J connectivity index is 1.76. The largest absolute Gasteiger partial charge is 0.467 e. The van der Waals surface area contributed by atoms with Crippen molar-refractivity contribution in [2.75, 3.05) is 24.6 Å². The molecule has 2 aromatic heterocycles. The molecule has 90 valence electrons. The zero-order valence-corrected chi connectivity index (χ0v) is 10.3. The number of rotatable bonds is 2. The number of nitrogens with zero attached hydrogens (tertiary/aromatic N) is 3. The summed E-state index contributed by atoms with van der Waals surface area (Å²) in [6.45, 7) is 4.27. The first-order valence-corrected chi connectivity index (χ1v) is 6.34. The van der Waals surface area contributed by atoms with Crippen LogP contribution in [0.15, 0.2) is 22.8 Å². The first-order valence-electron chi connectivity index (χ1n) is 5.53. The summed E-state index contributed by atoms with van der Waals surface area (Å²) < 4.78 is 11.1. The van der Waals surface area contributed by atoms with Crippen molar-refractivity contribution in [1.29, 1.82) is 0 Å². The van der Waals surface area contributed by atoms with Crippen LogP contribution in [0.4, 0.5) is 5.13 Å². The molecule has 5 nitrogen and oxygen atoms in total. The van der Waals surface area contributed by atoms with E-state index in [1.165, 1.54) is 0 Å². The van der Waals surface area contributed by atoms with Crippen molar-refractivity contribution in [2.24, 2.45) is 0 Å². The van der Waals surface area contributed by atoms with Crippen LogP contribution >= 0.6 is 11.3 Å². The second-order valence-corrected chi connectivity index (χ2v) is 5.08. The summed E-state index contributed by atoms with van der Waals surface area (Å²) in [5, 5.41) is 10.2. The summed E-state index contributed by atoms with van der Waals surface area (Å²) >= 11 is 1.61. The van der Waals surface area contributed by atoms with Crippen molar-refractivity contribution in [2.45, 2.75) is 13.0 Å². The van der Waals surface area contributed by atoms with E-state index in [2.05, 4.69) is 15.1 Å². The van der Waals surface area contributed by atoms with Crippen LogP contribution in [0, 0.1) is 6.92 Å². The molecule has 0 radical (unpaired) electrons. The Morgan fingerprint density at radius 2 is 2.41 bits per heavy atom. The van der Waals surface area contributed by atoms with E-state index in [4.69, 9.17) is 9.15 Å². The third kappa shape index (κ3) is 2.18. The highest BCUT2D eigenvalue weighted by Gasteiger charge is 2.25. The Morgan fingerprint density at radius 1 is 1.47 bits per heavy atom. The third-order valence-electron chi connectivity index (χ3n) is 2.71. The topological polar surface area (TPSA) is 51.4 Å². The molecule has 3 rings (SSSR count). The maximum absolute atomic E-state index is 5.70. The zero-order valence-electron chi connectivity index (χ0n) is 9.50. The van der Waals surface area contributed by atoms with E-state index in [9.17, 15) is 0 Å². The number of ether oxygens (including phenoxy) is 1. The molecule has 0 bridgehead atoms. The first kappa shape index (κ1) is 10.7. The number of hydrogen-bond acceptors (Lipinski definition) is 6. The Kier molecular flexibility index (Phi) is 2.82. The molecule has 6 heteroatoms. The molecular weight excluding hydrogens is 238 g/mol. The highest BCUT2D eigenvalue weighted by Crippen LogP contribution is 2.27. The fourth-order valence-corrected chi connectivity index (χ4v) is 2.61. The van der Waals surface area contributed by atoms with Crippen LogP contribution < -0.4 is 4.90 Å². The lowest BCUT2D eigenvalue weighted by Gasteiger charge is -2.31. The molecule has 1 unspecified atom stereocenters. The maximum Gasteiger partial charge on any atom is 0.208 e.